The van der Waals surface area contributed by atoms with Crippen LogP contribution in [-0.4, -0.2) is 53.1 Å². The van der Waals surface area contributed by atoms with E-state index in [4.69, 9.17) is 5.11 Å². The molecule has 0 aliphatic rings. The summed E-state index contributed by atoms with van der Waals surface area (Å²) < 4.78 is 36.6. The van der Waals surface area contributed by atoms with Crippen LogP contribution in [-0.2, 0) is 0 Å². The van der Waals surface area contributed by atoms with E-state index in [0.717, 1.165) is 4.90 Å². The lowest BCUT2D eigenvalue weighted by molar-refractivity contribution is -0.137. The second-order valence-corrected chi connectivity index (χ2v) is 4.87. The molecule has 0 aliphatic heterocycles. The van der Waals surface area contributed by atoms with Crippen molar-refractivity contribution in [1.82, 2.24) is 4.90 Å². The van der Waals surface area contributed by atoms with Crippen molar-refractivity contribution in [2.75, 3.05) is 25.0 Å². The number of thiophene rings is 1. The van der Waals surface area contributed by atoms with Crippen molar-refractivity contribution in [3.8, 4) is 0 Å². The molecule has 1 aromatic rings. The maximum atomic E-state index is 12.2. The molecule has 0 aromatic carbocycles. The highest BCUT2D eigenvalue weighted by Gasteiger charge is 2.29. The summed E-state index contributed by atoms with van der Waals surface area (Å²) in [6.45, 7) is -1.59. The summed E-state index contributed by atoms with van der Waals surface area (Å²) in [7, 11) is 0. The highest BCUT2D eigenvalue weighted by atomic mass is 32.1. The minimum absolute atomic E-state index is 0.372. The second kappa shape index (κ2) is 7.46. The van der Waals surface area contributed by atoms with Crippen LogP contribution in [0.15, 0.2) is 16.8 Å². The predicted molar refractivity (Wildman–Crippen MR) is 68.7 cm³/mol. The summed E-state index contributed by atoms with van der Waals surface area (Å²) in [6, 6.07) is 0.854. The van der Waals surface area contributed by atoms with Gasteiger partial charge in [0.25, 0.3) is 0 Å². The van der Waals surface area contributed by atoms with Crippen molar-refractivity contribution >= 4 is 23.1 Å². The number of hydrogen-bond acceptors (Lipinski definition) is 4. The average molecular weight is 312 g/mol. The fourth-order valence-electron chi connectivity index (χ4n) is 1.39. The van der Waals surface area contributed by atoms with E-state index in [2.05, 4.69) is 5.32 Å². The van der Waals surface area contributed by atoms with E-state index in [1.165, 1.54) is 11.3 Å². The Morgan fingerprint density at radius 3 is 2.70 bits per heavy atom. The molecule has 0 aliphatic carbocycles. The number of aliphatic hydroxyl groups excluding tert-OH is 2. The molecule has 0 saturated heterocycles. The largest absolute Gasteiger partial charge is 0.394 e. The SMILES string of the molecule is O=C(Nc1ccsc1)N(CCC(F)(F)F)C[C@H](O)CO. The molecule has 3 N–H and O–H groups in total. The van der Waals surface area contributed by atoms with Gasteiger partial charge in [-0.25, -0.2) is 4.79 Å². The number of carbonyl (C=O) groups excluding carboxylic acids is 1. The highest BCUT2D eigenvalue weighted by Crippen LogP contribution is 2.20. The number of nitrogens with one attached hydrogen (secondary N) is 1. The van der Waals surface area contributed by atoms with Crippen LogP contribution in [0.4, 0.5) is 23.7 Å². The number of alkyl halides is 3. The molecule has 0 saturated carbocycles. The van der Waals surface area contributed by atoms with Crippen molar-refractivity contribution in [3.63, 3.8) is 0 Å². The quantitative estimate of drug-likeness (QED) is 0.751. The molecule has 1 atom stereocenters. The lowest BCUT2D eigenvalue weighted by Crippen LogP contribution is -2.42. The first-order valence-corrected chi connectivity index (χ1v) is 6.70. The van der Waals surface area contributed by atoms with Gasteiger partial charge < -0.3 is 20.4 Å². The van der Waals surface area contributed by atoms with E-state index in [1.807, 2.05) is 0 Å². The highest BCUT2D eigenvalue weighted by molar-refractivity contribution is 7.08. The van der Waals surface area contributed by atoms with Gasteiger partial charge >= 0.3 is 12.2 Å². The normalized spacial score (nSPS) is 13.1. The zero-order valence-electron chi connectivity index (χ0n) is 10.4. The topological polar surface area (TPSA) is 72.8 Å². The number of hydrogen-bond donors (Lipinski definition) is 3. The third kappa shape index (κ3) is 6.22. The summed E-state index contributed by atoms with van der Waals surface area (Å²) in [5.41, 5.74) is 0.468. The monoisotopic (exact) mass is 312 g/mol. The molecule has 0 bridgehead atoms. The van der Waals surface area contributed by atoms with Crippen LogP contribution in [0.25, 0.3) is 0 Å². The first-order chi connectivity index (χ1) is 9.31. The van der Waals surface area contributed by atoms with E-state index >= 15 is 0 Å². The van der Waals surface area contributed by atoms with E-state index in [0.29, 0.717) is 5.69 Å². The Morgan fingerprint density at radius 2 is 2.20 bits per heavy atom. The molecule has 5 nitrogen and oxygen atoms in total. The lowest BCUT2D eigenvalue weighted by atomic mass is 10.3. The average Bonchev–Trinajstić information content (AvgIpc) is 2.85. The van der Waals surface area contributed by atoms with E-state index in [-0.39, 0.29) is 6.54 Å². The number of anilines is 1. The van der Waals surface area contributed by atoms with Gasteiger partial charge in [-0.3, -0.25) is 0 Å². The zero-order chi connectivity index (χ0) is 15.2. The second-order valence-electron chi connectivity index (χ2n) is 4.09. The van der Waals surface area contributed by atoms with Crippen LogP contribution < -0.4 is 5.32 Å². The van der Waals surface area contributed by atoms with Gasteiger partial charge in [0.1, 0.15) is 0 Å². The van der Waals surface area contributed by atoms with Gasteiger partial charge in [0.05, 0.1) is 31.4 Å². The number of nitrogens with zero attached hydrogens (tertiary/aromatic N) is 1. The summed E-state index contributed by atoms with van der Waals surface area (Å²) in [5, 5.41) is 23.8. The van der Waals surface area contributed by atoms with Gasteiger partial charge in [-0.15, -0.1) is 0 Å². The molecule has 114 valence electrons. The summed E-state index contributed by atoms with van der Waals surface area (Å²) in [4.78, 5) is 12.7. The molecule has 1 heterocycles. The Kier molecular flexibility index (Phi) is 6.24. The molecule has 1 aromatic heterocycles. The van der Waals surface area contributed by atoms with Crippen molar-refractivity contribution in [3.05, 3.63) is 16.8 Å². The van der Waals surface area contributed by atoms with Crippen molar-refractivity contribution in [1.29, 1.82) is 0 Å². The summed E-state index contributed by atoms with van der Waals surface area (Å²) in [5.74, 6) is 0. The molecule has 0 fully saturated rings. The Morgan fingerprint density at radius 1 is 1.50 bits per heavy atom. The number of aliphatic hydroxyl groups is 2. The number of amides is 2. The number of carbonyl (C=O) groups is 1. The third-order valence-electron chi connectivity index (χ3n) is 2.37. The first kappa shape index (κ1) is 16.7. The minimum Gasteiger partial charge on any atom is -0.394 e. The number of halogens is 3. The van der Waals surface area contributed by atoms with Crippen LogP contribution in [0.2, 0.25) is 0 Å². The molecule has 2 amide bonds. The predicted octanol–water partition coefficient (Wildman–Crippen LogP) is 1.89. The maximum Gasteiger partial charge on any atom is 0.390 e. The van der Waals surface area contributed by atoms with Crippen LogP contribution in [0, 0.1) is 0 Å². The summed E-state index contributed by atoms with van der Waals surface area (Å²) >= 11 is 1.33. The van der Waals surface area contributed by atoms with Gasteiger partial charge in [-0.1, -0.05) is 0 Å². The molecule has 9 heteroatoms. The van der Waals surface area contributed by atoms with Gasteiger partial charge in [0.15, 0.2) is 0 Å². The summed E-state index contributed by atoms with van der Waals surface area (Å²) in [6.07, 6.45) is -6.86. The molecule has 20 heavy (non-hydrogen) atoms. The molecule has 1 rings (SSSR count). The van der Waals surface area contributed by atoms with Crippen molar-refractivity contribution < 1.29 is 28.2 Å². The molecule has 0 unspecified atom stereocenters. The first-order valence-electron chi connectivity index (χ1n) is 5.75. The Hall–Kier alpha value is -1.32. The molecule has 0 spiro atoms. The van der Waals surface area contributed by atoms with E-state index < -0.39 is 37.9 Å². The smallest absolute Gasteiger partial charge is 0.390 e. The third-order valence-corrected chi connectivity index (χ3v) is 3.05. The van der Waals surface area contributed by atoms with Crippen LogP contribution in [0.1, 0.15) is 6.42 Å². The van der Waals surface area contributed by atoms with Crippen LogP contribution in [0.5, 0.6) is 0 Å². The fraction of sp³-hybridized carbons (Fsp3) is 0.545. The number of urea groups is 1. The van der Waals surface area contributed by atoms with Gasteiger partial charge in [-0.05, 0) is 11.4 Å². The van der Waals surface area contributed by atoms with E-state index in [1.54, 1.807) is 16.8 Å². The van der Waals surface area contributed by atoms with Gasteiger partial charge in [0.2, 0.25) is 0 Å². The maximum absolute atomic E-state index is 12.2. The van der Waals surface area contributed by atoms with Gasteiger partial charge in [0, 0.05) is 11.9 Å². The standard InChI is InChI=1S/C11H15F3N2O3S/c12-11(13,14)2-3-16(5-9(18)6-17)10(19)15-8-1-4-20-7-8/h1,4,7,9,17-18H,2-3,5-6H2,(H,15,19)/t9-/m0/s1. The van der Waals surface area contributed by atoms with E-state index in [9.17, 15) is 23.1 Å². The van der Waals surface area contributed by atoms with Gasteiger partial charge in [-0.2, -0.15) is 24.5 Å². The fourth-order valence-corrected chi connectivity index (χ4v) is 1.98. The number of rotatable bonds is 6. The molecular weight excluding hydrogens is 297 g/mol. The lowest BCUT2D eigenvalue weighted by Gasteiger charge is -2.25. The van der Waals surface area contributed by atoms with Crippen LogP contribution in [0.3, 0.4) is 0 Å². The zero-order valence-corrected chi connectivity index (χ0v) is 11.2. The Bertz CT molecular complexity index is 412. The Labute approximate surface area is 117 Å². The van der Waals surface area contributed by atoms with Crippen LogP contribution >= 0.6 is 11.3 Å². The van der Waals surface area contributed by atoms with Crippen molar-refractivity contribution in [2.45, 2.75) is 18.7 Å². The van der Waals surface area contributed by atoms with Crippen molar-refractivity contribution in [2.24, 2.45) is 0 Å². The molecule has 0 radical (unpaired) electrons. The molecular formula is C11H15F3N2O3S. The Balaban J connectivity index is 2.62. The minimum atomic E-state index is -4.40.